The van der Waals surface area contributed by atoms with E-state index < -0.39 is 11.9 Å². The number of fused-ring (bicyclic) bond motifs is 2. The van der Waals surface area contributed by atoms with Gasteiger partial charge in [0.15, 0.2) is 23.0 Å². The number of carboxylic acids is 1. The third kappa shape index (κ3) is 9.00. The van der Waals surface area contributed by atoms with E-state index in [4.69, 9.17) is 23.7 Å². The Morgan fingerprint density at radius 3 is 1.90 bits per heavy atom. The molecule has 0 heterocycles. The number of carbonyl (C=O) groups is 2. The van der Waals surface area contributed by atoms with Crippen molar-refractivity contribution in [1.29, 1.82) is 0 Å². The van der Waals surface area contributed by atoms with E-state index in [0.29, 0.717) is 29.2 Å². The fourth-order valence-corrected chi connectivity index (χ4v) is 8.82. The molecule has 0 aliphatic heterocycles. The number of aryl methyl sites for hydroxylation is 5. The highest BCUT2D eigenvalue weighted by molar-refractivity contribution is 5.95. The van der Waals surface area contributed by atoms with E-state index in [1.807, 2.05) is 42.5 Å². The molecule has 8 heteroatoms. The average molecular weight is 827 g/mol. The number of ether oxygens (including phenoxy) is 5. The highest BCUT2D eigenvalue weighted by atomic mass is 16.5. The molecule has 0 atom stereocenters. The van der Waals surface area contributed by atoms with Crippen molar-refractivity contribution < 1.29 is 38.4 Å². The molecule has 2 aliphatic rings. The normalized spacial score (nSPS) is 13.3. The molecule has 62 heavy (non-hydrogen) atoms. The van der Waals surface area contributed by atoms with Crippen molar-refractivity contribution >= 4 is 29.2 Å². The number of rotatable bonds is 16. The lowest BCUT2D eigenvalue weighted by molar-refractivity contribution is 0.0681. The van der Waals surface area contributed by atoms with Gasteiger partial charge in [-0.25, -0.2) is 9.59 Å². The lowest BCUT2D eigenvalue weighted by Crippen LogP contribution is -2.12. The van der Waals surface area contributed by atoms with E-state index in [-0.39, 0.29) is 11.3 Å². The van der Waals surface area contributed by atoms with Gasteiger partial charge in [0.05, 0.1) is 34.0 Å². The molecule has 0 bridgehead atoms. The first-order valence-electron chi connectivity index (χ1n) is 21.0. The monoisotopic (exact) mass is 826 g/mol. The second kappa shape index (κ2) is 18.7. The SMILES string of the molecule is COc1ccc(/C=C2\CCc3cccc(CCc4ccc(C(=O)O)c(OC(=O)c5ccc(CCc6cccc7c6C(Cc6ccc(OC)c(OC)c6)=CC7)cc5)c4)c32)cc1OC. The maximum absolute atomic E-state index is 13.5. The van der Waals surface area contributed by atoms with Crippen LogP contribution in [0, 0.1) is 0 Å². The molecular formula is C54H50O8. The first-order valence-corrected chi connectivity index (χ1v) is 21.0. The second-order valence-corrected chi connectivity index (χ2v) is 15.7. The number of aromatic carboxylic acids is 1. The minimum Gasteiger partial charge on any atom is -0.493 e. The number of hydrogen-bond donors (Lipinski definition) is 1. The first kappa shape index (κ1) is 41.7. The minimum absolute atomic E-state index is 0.0336. The van der Waals surface area contributed by atoms with Crippen LogP contribution < -0.4 is 23.7 Å². The maximum Gasteiger partial charge on any atom is 0.343 e. The Morgan fingerprint density at radius 2 is 1.19 bits per heavy atom. The molecule has 1 N–H and O–H groups in total. The van der Waals surface area contributed by atoms with Crippen LogP contribution >= 0.6 is 0 Å². The standard InChI is InChI=1S/C54H50O8/c1-58-46-27-16-36(32-49(46)60-3)29-43-24-22-40-9-5-7-38(51(40)43)18-11-34-12-20-42(21-13-34)54(57)62-48-31-35(15-26-45(48)53(55)56)14-19-39-8-6-10-41-23-25-44(52(39)41)30-37-17-28-47(59-2)50(33-37)61-4/h5-10,12-13,15-17,20-21,24,26-28,30-33H,11,14,18-19,22-23,25,29H2,1-4H3,(H,55,56)/b44-30+. The molecule has 6 aromatic rings. The van der Waals surface area contributed by atoms with E-state index >= 15 is 0 Å². The molecule has 6 aromatic carbocycles. The molecular weight excluding hydrogens is 777 g/mol. The lowest BCUT2D eigenvalue weighted by atomic mass is 9.91. The van der Waals surface area contributed by atoms with Crippen LogP contribution in [0.4, 0.5) is 0 Å². The summed E-state index contributed by atoms with van der Waals surface area (Å²) in [5.74, 6) is 1.08. The van der Waals surface area contributed by atoms with Gasteiger partial charge in [-0.05, 0) is 167 Å². The van der Waals surface area contributed by atoms with Crippen molar-refractivity contribution in [2.45, 2.75) is 51.4 Å². The zero-order chi connectivity index (χ0) is 43.2. The number of hydrogen-bond acceptors (Lipinski definition) is 7. The molecule has 0 spiro atoms. The van der Waals surface area contributed by atoms with E-state index in [1.54, 1.807) is 52.7 Å². The number of methoxy groups -OCH3 is 4. The third-order valence-electron chi connectivity index (χ3n) is 12.0. The highest BCUT2D eigenvalue weighted by Crippen LogP contribution is 2.39. The summed E-state index contributed by atoms with van der Waals surface area (Å²) in [7, 11) is 6.57. The Bertz CT molecular complexity index is 2710. The predicted octanol–water partition coefficient (Wildman–Crippen LogP) is 10.9. The summed E-state index contributed by atoms with van der Waals surface area (Å²) in [6, 6.07) is 37.4. The summed E-state index contributed by atoms with van der Waals surface area (Å²) in [5, 5.41) is 10.0. The highest BCUT2D eigenvalue weighted by Gasteiger charge is 2.22. The van der Waals surface area contributed by atoms with Gasteiger partial charge in [0.1, 0.15) is 11.3 Å². The van der Waals surface area contributed by atoms with Crippen LogP contribution in [0.1, 0.15) is 82.8 Å². The molecule has 2 aliphatic carbocycles. The molecule has 0 aromatic heterocycles. The van der Waals surface area contributed by atoms with Gasteiger partial charge < -0.3 is 28.8 Å². The van der Waals surface area contributed by atoms with Crippen LogP contribution in [0.25, 0.3) is 17.2 Å². The number of carboxylic acid groups (broad SMARTS) is 1. The van der Waals surface area contributed by atoms with Crippen molar-refractivity contribution in [3.8, 4) is 28.7 Å². The van der Waals surface area contributed by atoms with Crippen LogP contribution in [0.2, 0.25) is 0 Å². The van der Waals surface area contributed by atoms with Gasteiger partial charge in [-0.3, -0.25) is 0 Å². The number of benzene rings is 6. The van der Waals surface area contributed by atoms with Crippen molar-refractivity contribution in [3.05, 3.63) is 188 Å². The Morgan fingerprint density at radius 1 is 0.581 bits per heavy atom. The summed E-state index contributed by atoms with van der Waals surface area (Å²) in [6.07, 6.45) is 11.1. The quantitative estimate of drug-likeness (QED) is 0.0761. The molecule has 0 amide bonds. The van der Waals surface area contributed by atoms with E-state index in [2.05, 4.69) is 54.6 Å². The van der Waals surface area contributed by atoms with Crippen LogP contribution in [-0.4, -0.2) is 45.5 Å². The maximum atomic E-state index is 13.5. The van der Waals surface area contributed by atoms with Gasteiger partial charge in [-0.1, -0.05) is 78.9 Å². The Labute approximate surface area is 363 Å². The Kier molecular flexibility index (Phi) is 12.6. The van der Waals surface area contributed by atoms with Crippen LogP contribution in [0.15, 0.2) is 121 Å². The van der Waals surface area contributed by atoms with Crippen molar-refractivity contribution in [3.63, 3.8) is 0 Å². The Balaban J connectivity index is 0.925. The van der Waals surface area contributed by atoms with Crippen molar-refractivity contribution in [2.75, 3.05) is 28.4 Å². The topological polar surface area (TPSA) is 101 Å². The van der Waals surface area contributed by atoms with E-state index in [1.165, 1.54) is 50.6 Å². The van der Waals surface area contributed by atoms with Gasteiger partial charge in [-0.15, -0.1) is 0 Å². The largest absolute Gasteiger partial charge is 0.493 e. The predicted molar refractivity (Wildman–Crippen MR) is 243 cm³/mol. The van der Waals surface area contributed by atoms with E-state index in [9.17, 15) is 14.7 Å². The summed E-state index contributed by atoms with van der Waals surface area (Å²) >= 11 is 0. The number of carbonyl (C=O) groups excluding carboxylic acids is 1. The fourth-order valence-electron chi connectivity index (χ4n) is 8.82. The molecule has 314 valence electrons. The molecule has 0 saturated carbocycles. The molecule has 0 unspecified atom stereocenters. The smallest absolute Gasteiger partial charge is 0.343 e. The summed E-state index contributed by atoms with van der Waals surface area (Å²) < 4.78 is 27.8. The van der Waals surface area contributed by atoms with Crippen LogP contribution in [0.5, 0.6) is 28.7 Å². The average Bonchev–Trinajstić information content (AvgIpc) is 3.91. The van der Waals surface area contributed by atoms with Gasteiger partial charge in [0, 0.05) is 0 Å². The molecule has 0 saturated heterocycles. The minimum atomic E-state index is -1.16. The van der Waals surface area contributed by atoms with Gasteiger partial charge in [0.25, 0.3) is 0 Å². The zero-order valence-corrected chi connectivity index (χ0v) is 35.6. The Hall–Kier alpha value is -7.06. The van der Waals surface area contributed by atoms with Crippen LogP contribution in [0.3, 0.4) is 0 Å². The fraction of sp³-hybridized carbons (Fsp3) is 0.222. The zero-order valence-electron chi connectivity index (χ0n) is 35.6. The summed E-state index contributed by atoms with van der Waals surface area (Å²) in [6.45, 7) is 0. The van der Waals surface area contributed by atoms with E-state index in [0.717, 1.165) is 72.9 Å². The second-order valence-electron chi connectivity index (χ2n) is 15.7. The molecule has 0 fully saturated rings. The van der Waals surface area contributed by atoms with Crippen molar-refractivity contribution in [1.82, 2.24) is 0 Å². The molecule has 8 rings (SSSR count). The van der Waals surface area contributed by atoms with Gasteiger partial charge in [-0.2, -0.15) is 0 Å². The van der Waals surface area contributed by atoms with Gasteiger partial charge >= 0.3 is 11.9 Å². The number of allylic oxidation sites excluding steroid dienone is 3. The number of esters is 1. The third-order valence-corrected chi connectivity index (χ3v) is 12.0. The molecule has 0 radical (unpaired) electrons. The summed E-state index contributed by atoms with van der Waals surface area (Å²) in [4.78, 5) is 25.8. The lowest BCUT2D eigenvalue weighted by Gasteiger charge is -2.14. The first-order chi connectivity index (χ1) is 30.2. The summed E-state index contributed by atoms with van der Waals surface area (Å²) in [5.41, 5.74) is 14.8. The van der Waals surface area contributed by atoms with Crippen LogP contribution in [-0.2, 0) is 44.9 Å². The van der Waals surface area contributed by atoms with Gasteiger partial charge in [0.2, 0.25) is 0 Å². The molecule has 8 nitrogen and oxygen atoms in total. The van der Waals surface area contributed by atoms with Crippen molar-refractivity contribution in [2.24, 2.45) is 0 Å².